The van der Waals surface area contributed by atoms with Crippen LogP contribution in [-0.2, 0) is 0 Å². The summed E-state index contributed by atoms with van der Waals surface area (Å²) < 4.78 is 0. The van der Waals surface area contributed by atoms with E-state index in [-0.39, 0.29) is 5.91 Å². The minimum atomic E-state index is -0.126. The zero-order valence-electron chi connectivity index (χ0n) is 11.1. The van der Waals surface area contributed by atoms with Gasteiger partial charge in [0.25, 0.3) is 5.91 Å². The van der Waals surface area contributed by atoms with Crippen molar-refractivity contribution >= 4 is 23.3 Å². The van der Waals surface area contributed by atoms with Gasteiger partial charge < -0.3 is 10.6 Å². The number of hydrogen-bond acceptors (Lipinski definition) is 4. The first-order valence-corrected chi connectivity index (χ1v) is 6.61. The van der Waals surface area contributed by atoms with E-state index < -0.39 is 0 Å². The topological polar surface area (TPSA) is 66.9 Å². The highest BCUT2D eigenvalue weighted by molar-refractivity contribution is 6.30. The number of hydrogen-bond donors (Lipinski definition) is 2. The first-order chi connectivity index (χ1) is 9.65. The fourth-order valence-corrected chi connectivity index (χ4v) is 1.69. The third-order valence-electron chi connectivity index (χ3n) is 2.62. The molecule has 2 rings (SSSR count). The van der Waals surface area contributed by atoms with Crippen LogP contribution in [0.25, 0.3) is 0 Å². The lowest BCUT2D eigenvalue weighted by Gasteiger charge is -2.07. The second kappa shape index (κ2) is 6.86. The van der Waals surface area contributed by atoms with Gasteiger partial charge in [-0.15, -0.1) is 5.10 Å². The lowest BCUT2D eigenvalue weighted by atomic mass is 10.2. The molecule has 1 aromatic heterocycles. The lowest BCUT2D eigenvalue weighted by molar-refractivity contribution is 0.0955. The summed E-state index contributed by atoms with van der Waals surface area (Å²) in [5, 5.41) is 14.4. The summed E-state index contributed by atoms with van der Waals surface area (Å²) in [6, 6.07) is 10.5. The second-order valence-corrected chi connectivity index (χ2v) is 4.69. The number of nitrogens with one attached hydrogen (secondary N) is 2. The summed E-state index contributed by atoms with van der Waals surface area (Å²) in [4.78, 5) is 11.8. The Labute approximate surface area is 122 Å². The maximum atomic E-state index is 11.8. The summed E-state index contributed by atoms with van der Waals surface area (Å²) in [5.74, 6) is 0.565. The molecule has 0 aliphatic rings. The number of aromatic nitrogens is 2. The van der Waals surface area contributed by atoms with E-state index in [9.17, 15) is 4.79 Å². The highest BCUT2D eigenvalue weighted by atomic mass is 35.5. The van der Waals surface area contributed by atoms with Gasteiger partial charge in [-0.05, 0) is 43.3 Å². The van der Waals surface area contributed by atoms with Crippen molar-refractivity contribution < 1.29 is 4.79 Å². The molecule has 0 saturated carbocycles. The number of benzene rings is 1. The van der Waals surface area contributed by atoms with Crippen LogP contribution >= 0.6 is 11.6 Å². The molecule has 6 heteroatoms. The molecule has 2 N–H and O–H groups in total. The molecule has 0 unspecified atom stereocenters. The number of carbonyl (C=O) groups excluding carboxylic acids is 1. The molecule has 0 fully saturated rings. The van der Waals surface area contributed by atoms with Crippen molar-refractivity contribution in [2.75, 3.05) is 18.4 Å². The van der Waals surface area contributed by atoms with Crippen LogP contribution < -0.4 is 10.6 Å². The number of rotatable bonds is 5. The van der Waals surface area contributed by atoms with Crippen LogP contribution in [0.1, 0.15) is 16.1 Å². The molecule has 1 amide bonds. The molecule has 104 valence electrons. The average molecular weight is 291 g/mol. The number of anilines is 1. The molecule has 0 spiro atoms. The molecule has 0 radical (unpaired) electrons. The minimum absolute atomic E-state index is 0.126. The van der Waals surface area contributed by atoms with Crippen LogP contribution in [0.4, 0.5) is 5.82 Å². The molecule has 1 aromatic carbocycles. The Bertz CT molecular complexity index is 569. The predicted molar refractivity (Wildman–Crippen MR) is 79.0 cm³/mol. The van der Waals surface area contributed by atoms with Crippen LogP contribution in [0.15, 0.2) is 36.4 Å². The van der Waals surface area contributed by atoms with Crippen molar-refractivity contribution in [1.82, 2.24) is 15.5 Å². The normalized spacial score (nSPS) is 10.1. The third-order valence-corrected chi connectivity index (χ3v) is 2.87. The molecule has 0 aliphatic carbocycles. The fourth-order valence-electron chi connectivity index (χ4n) is 1.56. The molecule has 1 heterocycles. The van der Waals surface area contributed by atoms with Gasteiger partial charge in [-0.1, -0.05) is 11.6 Å². The number of carbonyl (C=O) groups is 1. The predicted octanol–water partition coefficient (Wildman–Crippen LogP) is 2.28. The maximum absolute atomic E-state index is 11.8. The molecule has 20 heavy (non-hydrogen) atoms. The molecule has 5 nitrogen and oxygen atoms in total. The first-order valence-electron chi connectivity index (χ1n) is 6.23. The summed E-state index contributed by atoms with van der Waals surface area (Å²) in [5.41, 5.74) is 1.45. The average Bonchev–Trinajstić information content (AvgIpc) is 2.46. The van der Waals surface area contributed by atoms with Gasteiger partial charge in [-0.25, -0.2) is 0 Å². The zero-order valence-corrected chi connectivity index (χ0v) is 11.8. The molecular formula is C14H15ClN4O. The van der Waals surface area contributed by atoms with Gasteiger partial charge in [0.05, 0.1) is 5.69 Å². The molecular weight excluding hydrogens is 276 g/mol. The smallest absolute Gasteiger partial charge is 0.251 e. The van der Waals surface area contributed by atoms with Crippen molar-refractivity contribution in [3.05, 3.63) is 52.7 Å². The molecule has 0 saturated heterocycles. The van der Waals surface area contributed by atoms with Gasteiger partial charge >= 0.3 is 0 Å². The fraction of sp³-hybridized carbons (Fsp3) is 0.214. The van der Waals surface area contributed by atoms with Gasteiger partial charge in [-0.3, -0.25) is 4.79 Å². The van der Waals surface area contributed by atoms with Crippen molar-refractivity contribution in [3.8, 4) is 0 Å². The second-order valence-electron chi connectivity index (χ2n) is 4.25. The standard InChI is InChI=1S/C14H15ClN4O/c1-10-2-7-13(19-18-10)16-8-9-17-14(20)11-3-5-12(15)6-4-11/h2-7H,8-9H2,1H3,(H,16,19)(H,17,20). The highest BCUT2D eigenvalue weighted by Crippen LogP contribution is 2.09. The Morgan fingerprint density at radius 3 is 2.50 bits per heavy atom. The molecule has 2 aromatic rings. The highest BCUT2D eigenvalue weighted by Gasteiger charge is 2.03. The summed E-state index contributed by atoms with van der Waals surface area (Å²) >= 11 is 5.77. The van der Waals surface area contributed by atoms with Gasteiger partial charge in [-0.2, -0.15) is 5.10 Å². The minimum Gasteiger partial charge on any atom is -0.367 e. The number of amides is 1. The van der Waals surface area contributed by atoms with Gasteiger partial charge in [0.2, 0.25) is 0 Å². The lowest BCUT2D eigenvalue weighted by Crippen LogP contribution is -2.28. The van der Waals surface area contributed by atoms with Crippen LogP contribution in [0.5, 0.6) is 0 Å². The summed E-state index contributed by atoms with van der Waals surface area (Å²) in [6.45, 7) is 2.96. The van der Waals surface area contributed by atoms with E-state index in [0.29, 0.717) is 29.5 Å². The van der Waals surface area contributed by atoms with E-state index in [1.54, 1.807) is 24.3 Å². The number of aryl methyl sites for hydroxylation is 1. The van der Waals surface area contributed by atoms with Crippen molar-refractivity contribution in [2.24, 2.45) is 0 Å². The monoisotopic (exact) mass is 290 g/mol. The van der Waals surface area contributed by atoms with E-state index in [0.717, 1.165) is 5.69 Å². The van der Waals surface area contributed by atoms with Gasteiger partial charge in [0.15, 0.2) is 0 Å². The van der Waals surface area contributed by atoms with E-state index in [2.05, 4.69) is 20.8 Å². The first kappa shape index (κ1) is 14.3. The Hall–Kier alpha value is -2.14. The maximum Gasteiger partial charge on any atom is 0.251 e. The van der Waals surface area contributed by atoms with Gasteiger partial charge in [0.1, 0.15) is 5.82 Å². The zero-order chi connectivity index (χ0) is 14.4. The third kappa shape index (κ3) is 4.20. The van der Waals surface area contributed by atoms with Crippen molar-refractivity contribution in [2.45, 2.75) is 6.92 Å². The van der Waals surface area contributed by atoms with Gasteiger partial charge in [0, 0.05) is 23.7 Å². The Kier molecular flexibility index (Phi) is 4.90. The van der Waals surface area contributed by atoms with E-state index in [1.165, 1.54) is 0 Å². The van der Waals surface area contributed by atoms with E-state index >= 15 is 0 Å². The largest absolute Gasteiger partial charge is 0.367 e. The molecule has 0 bridgehead atoms. The Balaban J connectivity index is 1.74. The molecule has 0 atom stereocenters. The number of nitrogens with zero attached hydrogens (tertiary/aromatic N) is 2. The van der Waals surface area contributed by atoms with Crippen molar-refractivity contribution in [3.63, 3.8) is 0 Å². The van der Waals surface area contributed by atoms with Crippen LogP contribution in [-0.4, -0.2) is 29.2 Å². The Morgan fingerprint density at radius 1 is 1.10 bits per heavy atom. The quantitative estimate of drug-likeness (QED) is 0.829. The van der Waals surface area contributed by atoms with E-state index in [4.69, 9.17) is 11.6 Å². The van der Waals surface area contributed by atoms with Crippen LogP contribution in [0.3, 0.4) is 0 Å². The summed E-state index contributed by atoms with van der Waals surface area (Å²) in [6.07, 6.45) is 0. The number of halogens is 1. The molecule has 0 aliphatic heterocycles. The SMILES string of the molecule is Cc1ccc(NCCNC(=O)c2ccc(Cl)cc2)nn1. The Morgan fingerprint density at radius 2 is 1.85 bits per heavy atom. The van der Waals surface area contributed by atoms with Crippen LogP contribution in [0, 0.1) is 6.92 Å². The van der Waals surface area contributed by atoms with Crippen LogP contribution in [0.2, 0.25) is 5.02 Å². The van der Waals surface area contributed by atoms with E-state index in [1.807, 2.05) is 19.1 Å². The summed E-state index contributed by atoms with van der Waals surface area (Å²) in [7, 11) is 0. The van der Waals surface area contributed by atoms with Crippen molar-refractivity contribution in [1.29, 1.82) is 0 Å².